The zero-order valence-corrected chi connectivity index (χ0v) is 15.7. The van der Waals surface area contributed by atoms with Gasteiger partial charge in [-0.25, -0.2) is 0 Å². The van der Waals surface area contributed by atoms with Crippen LogP contribution in [0.2, 0.25) is 0 Å². The van der Waals surface area contributed by atoms with Gasteiger partial charge in [0.25, 0.3) is 0 Å². The van der Waals surface area contributed by atoms with Crippen molar-refractivity contribution in [3.8, 4) is 22.9 Å². The lowest BCUT2D eigenvalue weighted by atomic mass is 10.1. The van der Waals surface area contributed by atoms with Gasteiger partial charge in [-0.3, -0.25) is 0 Å². The molecule has 0 aliphatic carbocycles. The van der Waals surface area contributed by atoms with Crippen molar-refractivity contribution >= 4 is 43.2 Å². The predicted molar refractivity (Wildman–Crippen MR) is 98.9 cm³/mol. The Hall–Kier alpha value is -1.86. The van der Waals surface area contributed by atoms with Crippen LogP contribution in [-0.4, -0.2) is 10.2 Å². The summed E-state index contributed by atoms with van der Waals surface area (Å²) in [6.45, 7) is 3.86. The number of hydrogen-bond acceptors (Lipinski definition) is 5. The first-order valence-corrected chi connectivity index (χ1v) is 8.41. The summed E-state index contributed by atoms with van der Waals surface area (Å²) in [5.74, 6) is 0.879. The zero-order valence-electron chi connectivity index (χ0n) is 12.5. The maximum Gasteiger partial charge on any atom is 0.248 e. The summed E-state index contributed by atoms with van der Waals surface area (Å²) < 4.78 is 7.42. The minimum Gasteiger partial charge on any atom is -0.416 e. The number of rotatable bonds is 2. The third kappa shape index (κ3) is 2.98. The van der Waals surface area contributed by atoms with Gasteiger partial charge < -0.3 is 15.9 Å². The summed E-state index contributed by atoms with van der Waals surface area (Å²) in [6, 6.07) is 7.57. The maximum absolute atomic E-state index is 5.94. The number of benzene rings is 2. The van der Waals surface area contributed by atoms with E-state index in [0.29, 0.717) is 23.2 Å². The molecule has 4 N–H and O–H groups in total. The Balaban J connectivity index is 2.04. The van der Waals surface area contributed by atoms with E-state index in [0.717, 1.165) is 31.2 Å². The normalized spacial score (nSPS) is 11.0. The van der Waals surface area contributed by atoms with Crippen molar-refractivity contribution in [1.82, 2.24) is 10.2 Å². The third-order valence-corrected chi connectivity index (χ3v) is 4.90. The standard InChI is InChI=1S/C16H14Br2N4O/c1-7-3-9(5-11(17)13(7)19)15-21-22-16(23-15)10-4-8(2)14(20)12(18)6-10/h3-6H,19-20H2,1-2H3. The lowest BCUT2D eigenvalue weighted by molar-refractivity contribution is 0.584. The molecule has 118 valence electrons. The fourth-order valence-corrected chi connectivity index (χ4v) is 3.33. The van der Waals surface area contributed by atoms with Gasteiger partial charge in [0.05, 0.1) is 0 Å². The van der Waals surface area contributed by atoms with Crippen LogP contribution in [0.4, 0.5) is 11.4 Å². The average molecular weight is 438 g/mol. The Labute approximate surface area is 150 Å². The molecule has 0 unspecified atom stereocenters. The van der Waals surface area contributed by atoms with Crippen molar-refractivity contribution in [1.29, 1.82) is 0 Å². The fraction of sp³-hybridized carbons (Fsp3) is 0.125. The number of anilines is 2. The third-order valence-electron chi connectivity index (χ3n) is 3.59. The topological polar surface area (TPSA) is 91.0 Å². The summed E-state index contributed by atoms with van der Waals surface area (Å²) in [7, 11) is 0. The first-order chi connectivity index (χ1) is 10.9. The molecule has 3 aromatic rings. The molecule has 0 spiro atoms. The van der Waals surface area contributed by atoms with E-state index in [2.05, 4.69) is 42.1 Å². The summed E-state index contributed by atoms with van der Waals surface area (Å²) in [6.07, 6.45) is 0. The van der Waals surface area contributed by atoms with Gasteiger partial charge in [0.2, 0.25) is 11.8 Å². The highest BCUT2D eigenvalue weighted by atomic mass is 79.9. The number of nitrogens with zero attached hydrogens (tertiary/aromatic N) is 2. The summed E-state index contributed by atoms with van der Waals surface area (Å²) in [5, 5.41) is 8.26. The minimum atomic E-state index is 0.439. The highest BCUT2D eigenvalue weighted by Gasteiger charge is 2.14. The molecule has 0 saturated carbocycles. The first kappa shape index (κ1) is 16.0. The zero-order chi connectivity index (χ0) is 16.7. The molecule has 0 amide bonds. The molecule has 0 radical (unpaired) electrons. The lowest BCUT2D eigenvalue weighted by Gasteiger charge is -2.05. The van der Waals surface area contributed by atoms with Gasteiger partial charge in [-0.05, 0) is 81.1 Å². The number of nitrogens with two attached hydrogens (primary N) is 2. The average Bonchev–Trinajstić information content (AvgIpc) is 2.99. The van der Waals surface area contributed by atoms with Gasteiger partial charge in [-0.2, -0.15) is 0 Å². The van der Waals surface area contributed by atoms with Gasteiger partial charge in [0.15, 0.2) is 0 Å². The molecule has 0 atom stereocenters. The Morgan fingerprint density at radius 2 is 1.17 bits per heavy atom. The predicted octanol–water partition coefficient (Wildman–Crippen LogP) is 4.71. The second-order valence-electron chi connectivity index (χ2n) is 5.29. The molecule has 7 heteroatoms. The summed E-state index contributed by atoms with van der Waals surface area (Å²) >= 11 is 6.88. The van der Waals surface area contributed by atoms with E-state index in [-0.39, 0.29) is 0 Å². The van der Waals surface area contributed by atoms with Crippen LogP contribution in [0.25, 0.3) is 22.9 Å². The Bertz CT molecular complexity index is 787. The Morgan fingerprint density at radius 3 is 1.52 bits per heavy atom. The van der Waals surface area contributed by atoms with Crippen LogP contribution in [0.3, 0.4) is 0 Å². The van der Waals surface area contributed by atoms with Gasteiger partial charge in [0, 0.05) is 31.4 Å². The van der Waals surface area contributed by atoms with E-state index in [1.54, 1.807) is 0 Å². The molecular formula is C16H14Br2N4O. The molecular weight excluding hydrogens is 424 g/mol. The number of nitrogen functional groups attached to an aromatic ring is 2. The van der Waals surface area contributed by atoms with E-state index in [1.807, 2.05) is 38.1 Å². The highest BCUT2D eigenvalue weighted by molar-refractivity contribution is 9.11. The monoisotopic (exact) mass is 436 g/mol. The van der Waals surface area contributed by atoms with Crippen molar-refractivity contribution < 1.29 is 4.42 Å². The van der Waals surface area contributed by atoms with E-state index >= 15 is 0 Å². The SMILES string of the molecule is Cc1cc(-c2nnc(-c3cc(C)c(N)c(Br)c3)o2)cc(Br)c1N. The van der Waals surface area contributed by atoms with Crippen molar-refractivity contribution in [3.63, 3.8) is 0 Å². The second-order valence-corrected chi connectivity index (χ2v) is 7.00. The summed E-state index contributed by atoms with van der Waals surface area (Å²) in [4.78, 5) is 0. The van der Waals surface area contributed by atoms with Crippen LogP contribution < -0.4 is 11.5 Å². The number of aryl methyl sites for hydroxylation is 2. The van der Waals surface area contributed by atoms with Crippen LogP contribution >= 0.6 is 31.9 Å². The molecule has 3 rings (SSSR count). The van der Waals surface area contributed by atoms with Gasteiger partial charge in [-0.1, -0.05) is 0 Å². The van der Waals surface area contributed by atoms with E-state index < -0.39 is 0 Å². The minimum absolute atomic E-state index is 0.439. The van der Waals surface area contributed by atoms with Crippen LogP contribution in [0.1, 0.15) is 11.1 Å². The molecule has 0 aliphatic heterocycles. The molecule has 1 aromatic heterocycles. The molecule has 2 aromatic carbocycles. The second kappa shape index (κ2) is 5.98. The van der Waals surface area contributed by atoms with E-state index in [9.17, 15) is 0 Å². The first-order valence-electron chi connectivity index (χ1n) is 6.82. The van der Waals surface area contributed by atoms with Crippen LogP contribution in [0.15, 0.2) is 37.6 Å². The fourth-order valence-electron chi connectivity index (χ4n) is 2.21. The molecule has 1 heterocycles. The van der Waals surface area contributed by atoms with Crippen molar-refractivity contribution in [2.24, 2.45) is 0 Å². The van der Waals surface area contributed by atoms with Crippen molar-refractivity contribution in [2.45, 2.75) is 13.8 Å². The molecule has 0 aliphatic rings. The Morgan fingerprint density at radius 1 is 0.783 bits per heavy atom. The van der Waals surface area contributed by atoms with E-state index in [1.165, 1.54) is 0 Å². The molecule has 0 bridgehead atoms. The molecule has 5 nitrogen and oxygen atoms in total. The van der Waals surface area contributed by atoms with E-state index in [4.69, 9.17) is 15.9 Å². The molecule has 0 saturated heterocycles. The largest absolute Gasteiger partial charge is 0.416 e. The van der Waals surface area contributed by atoms with Crippen molar-refractivity contribution in [2.75, 3.05) is 11.5 Å². The molecule has 23 heavy (non-hydrogen) atoms. The van der Waals surface area contributed by atoms with Gasteiger partial charge in [-0.15, -0.1) is 10.2 Å². The summed E-state index contributed by atoms with van der Waals surface area (Å²) in [5.41, 5.74) is 16.8. The lowest BCUT2D eigenvalue weighted by Crippen LogP contribution is -1.92. The number of aromatic nitrogens is 2. The van der Waals surface area contributed by atoms with Crippen molar-refractivity contribution in [3.05, 3.63) is 44.3 Å². The maximum atomic E-state index is 5.94. The Kier molecular flexibility index (Phi) is 4.16. The number of halogens is 2. The van der Waals surface area contributed by atoms with Crippen LogP contribution in [-0.2, 0) is 0 Å². The molecule has 0 fully saturated rings. The quantitative estimate of drug-likeness (QED) is 0.566. The van der Waals surface area contributed by atoms with Crippen LogP contribution in [0.5, 0.6) is 0 Å². The van der Waals surface area contributed by atoms with Gasteiger partial charge >= 0.3 is 0 Å². The van der Waals surface area contributed by atoms with Crippen LogP contribution in [0, 0.1) is 13.8 Å². The van der Waals surface area contributed by atoms with Gasteiger partial charge in [0.1, 0.15) is 0 Å². The highest BCUT2D eigenvalue weighted by Crippen LogP contribution is 2.33. The smallest absolute Gasteiger partial charge is 0.248 e. The number of hydrogen-bond donors (Lipinski definition) is 2.